The van der Waals surface area contributed by atoms with E-state index in [9.17, 15) is 32.4 Å². The first-order chi connectivity index (χ1) is 25.0. The molecule has 1 aromatic rings. The number of rotatable bonds is 3. The number of sulfonamides is 1. The van der Waals surface area contributed by atoms with Crippen molar-refractivity contribution in [1.29, 1.82) is 0 Å². The van der Waals surface area contributed by atoms with Crippen molar-refractivity contribution in [2.24, 2.45) is 5.92 Å². The van der Waals surface area contributed by atoms with Gasteiger partial charge in [-0.25, -0.2) is 18.0 Å². The molecule has 15 heteroatoms. The topological polar surface area (TPSA) is 181 Å². The van der Waals surface area contributed by atoms with Gasteiger partial charge in [-0.1, -0.05) is 63.1 Å². The summed E-state index contributed by atoms with van der Waals surface area (Å²) in [6.45, 7) is 0.946. The number of aryl methyl sites for hydroxylation is 1. The van der Waals surface area contributed by atoms with Crippen LogP contribution in [0.2, 0.25) is 0 Å². The van der Waals surface area contributed by atoms with E-state index >= 15 is 0 Å². The van der Waals surface area contributed by atoms with E-state index in [4.69, 9.17) is 9.47 Å². The minimum Gasteiger partial charge on any atom is -0.450 e. The van der Waals surface area contributed by atoms with E-state index in [1.807, 2.05) is 12.1 Å². The molecule has 284 valence electrons. The van der Waals surface area contributed by atoms with Crippen molar-refractivity contribution >= 4 is 39.9 Å². The van der Waals surface area contributed by atoms with Gasteiger partial charge in [0.05, 0.1) is 18.4 Å². The summed E-state index contributed by atoms with van der Waals surface area (Å²) in [7, 11) is -3.87. The summed E-state index contributed by atoms with van der Waals surface area (Å²) in [5.74, 6) is -2.13. The molecule has 0 unspecified atom stereocenters. The monoisotopic (exact) mass is 741 g/mol. The van der Waals surface area contributed by atoms with Gasteiger partial charge in [0.1, 0.15) is 23.7 Å². The van der Waals surface area contributed by atoms with Crippen molar-refractivity contribution < 1.29 is 41.9 Å². The van der Waals surface area contributed by atoms with Gasteiger partial charge in [-0.3, -0.25) is 24.0 Å². The number of carbonyl (C=O) groups is 5. The molecule has 2 aliphatic carbocycles. The molecule has 0 aromatic heterocycles. The number of alkyl carbamates (subject to hydrolysis) is 1. The third-order valence-corrected chi connectivity index (χ3v) is 13.5. The first-order valence-electron chi connectivity index (χ1n) is 19.2. The summed E-state index contributed by atoms with van der Waals surface area (Å²) in [4.78, 5) is 71.9. The van der Waals surface area contributed by atoms with Crippen LogP contribution < -0.4 is 15.4 Å². The van der Waals surface area contributed by atoms with Crippen molar-refractivity contribution in [3.8, 4) is 0 Å². The molecular weight excluding hydrogens is 690 g/mol. The maximum atomic E-state index is 14.3. The molecule has 5 amide bonds. The Morgan fingerprint density at radius 2 is 1.62 bits per heavy atom. The number of benzene rings is 1. The van der Waals surface area contributed by atoms with Crippen molar-refractivity contribution in [2.75, 3.05) is 13.2 Å². The first-order valence-corrected chi connectivity index (χ1v) is 20.8. The van der Waals surface area contributed by atoms with Crippen molar-refractivity contribution in [2.45, 2.75) is 145 Å². The highest BCUT2D eigenvalue weighted by Gasteiger charge is 2.62. The van der Waals surface area contributed by atoms with E-state index in [1.54, 1.807) is 4.90 Å². The predicted molar refractivity (Wildman–Crippen MR) is 188 cm³/mol. The summed E-state index contributed by atoms with van der Waals surface area (Å²) in [6.07, 6.45) is 8.53. The molecule has 4 fully saturated rings. The van der Waals surface area contributed by atoms with Crippen LogP contribution in [-0.4, -0.2) is 90.3 Å². The summed E-state index contributed by atoms with van der Waals surface area (Å²) in [6, 6.07) is 4.01. The molecule has 0 radical (unpaired) electrons. The number of fused-ring (bicyclic) bond motifs is 4. The van der Waals surface area contributed by atoms with Gasteiger partial charge < -0.3 is 25.0 Å². The smallest absolute Gasteiger partial charge is 0.410 e. The number of cyclic esters (lactones) is 1. The maximum Gasteiger partial charge on any atom is 0.410 e. The van der Waals surface area contributed by atoms with Crippen LogP contribution in [0.15, 0.2) is 18.2 Å². The van der Waals surface area contributed by atoms with Gasteiger partial charge in [-0.15, -0.1) is 0 Å². The Labute approximate surface area is 305 Å². The lowest BCUT2D eigenvalue weighted by molar-refractivity contribution is -0.141. The molecule has 0 spiro atoms. The molecule has 52 heavy (non-hydrogen) atoms. The zero-order chi connectivity index (χ0) is 36.5. The number of nitrogens with zero attached hydrogens (tertiary/aromatic N) is 2. The number of hydrogen-bond donors (Lipinski definition) is 3. The molecule has 6 aliphatic rings. The molecule has 14 nitrogen and oxygen atoms in total. The lowest BCUT2D eigenvalue weighted by Gasteiger charge is -2.29. The zero-order valence-corrected chi connectivity index (χ0v) is 30.6. The van der Waals surface area contributed by atoms with Crippen LogP contribution >= 0.6 is 0 Å². The molecule has 2 saturated heterocycles. The lowest BCUT2D eigenvalue weighted by atomic mass is 9.98. The summed E-state index contributed by atoms with van der Waals surface area (Å²) >= 11 is 0. The number of carbonyl (C=O) groups excluding carboxylic acids is 5. The normalized spacial score (nSPS) is 30.8. The van der Waals surface area contributed by atoms with Gasteiger partial charge >= 0.3 is 12.2 Å². The number of ether oxygens (including phenoxy) is 2. The molecule has 5 bridgehead atoms. The SMILES string of the molecule is O=C1N[C@H]2CCCCCCC[C@H]3C[C@@]3(C(=O)NS(=O)(=O)C3CC3)NC(=O)[C@@H]3C[C@H](CN3C2=O)OC(=O)N2Cc3cccc(c3C2)CCCCCCO1. The second-order valence-electron chi connectivity index (χ2n) is 15.5. The van der Waals surface area contributed by atoms with E-state index in [0.29, 0.717) is 51.6 Å². The highest BCUT2D eigenvalue weighted by molar-refractivity contribution is 7.91. The van der Waals surface area contributed by atoms with E-state index < -0.39 is 68.9 Å². The molecule has 4 aliphatic heterocycles. The number of nitrogens with one attached hydrogen (secondary N) is 3. The predicted octanol–water partition coefficient (Wildman–Crippen LogP) is 3.55. The molecule has 5 atom stereocenters. The highest BCUT2D eigenvalue weighted by atomic mass is 32.2. The standard InChI is InChI=1S/C37H51N5O9S/c43-32-31-19-27-22-42(31)33(44)30(15-8-3-1-2-7-14-26-20-37(26,39-32)34(45)40-52(48,49)28-16-17-28)38-35(46)50-18-9-5-4-6-11-24-12-10-13-25-21-41(23-29(24)25)36(47)51-27/h10,12-13,26-28,30-31H,1-9,11,14-23H2,(H,38,46)(H,39,43)(H,40,45)/t26-,27+,30-,31-,37+/m0/s1. The van der Waals surface area contributed by atoms with Gasteiger partial charge in [0.15, 0.2) is 0 Å². The van der Waals surface area contributed by atoms with E-state index in [0.717, 1.165) is 62.5 Å². The molecule has 2 saturated carbocycles. The van der Waals surface area contributed by atoms with Crippen LogP contribution in [-0.2, 0) is 53.4 Å². The van der Waals surface area contributed by atoms with Crippen LogP contribution in [0.5, 0.6) is 0 Å². The summed E-state index contributed by atoms with van der Waals surface area (Å²) < 4.78 is 39.3. The summed E-state index contributed by atoms with van der Waals surface area (Å²) in [5, 5.41) is 5.03. The quantitative estimate of drug-likeness (QED) is 0.418. The number of hydrogen-bond acceptors (Lipinski definition) is 9. The maximum absolute atomic E-state index is 14.3. The third kappa shape index (κ3) is 8.03. The zero-order valence-electron chi connectivity index (χ0n) is 29.7. The largest absolute Gasteiger partial charge is 0.450 e. The average Bonchev–Trinajstić information content (AvgIpc) is 3.99. The average molecular weight is 742 g/mol. The molecule has 3 N–H and O–H groups in total. The van der Waals surface area contributed by atoms with Crippen LogP contribution in [0.3, 0.4) is 0 Å². The third-order valence-electron chi connectivity index (χ3n) is 11.7. The van der Waals surface area contributed by atoms with Crippen LogP contribution in [0, 0.1) is 5.92 Å². The Morgan fingerprint density at radius 3 is 2.42 bits per heavy atom. The van der Waals surface area contributed by atoms with Crippen molar-refractivity contribution in [1.82, 2.24) is 25.2 Å². The van der Waals surface area contributed by atoms with Crippen LogP contribution in [0.25, 0.3) is 0 Å². The minimum atomic E-state index is -3.87. The minimum absolute atomic E-state index is 0.0186. The molecular formula is C37H51N5O9S. The van der Waals surface area contributed by atoms with Crippen LogP contribution in [0.1, 0.15) is 113 Å². The van der Waals surface area contributed by atoms with Gasteiger partial charge in [0, 0.05) is 19.5 Å². The van der Waals surface area contributed by atoms with E-state index in [1.165, 1.54) is 10.5 Å². The highest BCUT2D eigenvalue weighted by Crippen LogP contribution is 2.48. The van der Waals surface area contributed by atoms with Gasteiger partial charge in [-0.2, -0.15) is 0 Å². The molecule has 4 heterocycles. The Hall–Kier alpha value is -3.88. The fourth-order valence-corrected chi connectivity index (χ4v) is 9.81. The Balaban J connectivity index is 1.15. The molecule has 7 rings (SSSR count). The van der Waals surface area contributed by atoms with Gasteiger partial charge in [-0.05, 0) is 74.0 Å². The fraction of sp³-hybridized carbons (Fsp3) is 0.703. The van der Waals surface area contributed by atoms with E-state index in [2.05, 4.69) is 21.4 Å². The van der Waals surface area contributed by atoms with Gasteiger partial charge in [0.2, 0.25) is 21.8 Å². The van der Waals surface area contributed by atoms with Crippen molar-refractivity contribution in [3.63, 3.8) is 0 Å². The fourth-order valence-electron chi connectivity index (χ4n) is 8.44. The number of amides is 5. The van der Waals surface area contributed by atoms with Gasteiger partial charge in [0.25, 0.3) is 5.91 Å². The Morgan fingerprint density at radius 1 is 0.885 bits per heavy atom. The van der Waals surface area contributed by atoms with Crippen molar-refractivity contribution in [3.05, 3.63) is 34.9 Å². The van der Waals surface area contributed by atoms with E-state index in [-0.39, 0.29) is 31.9 Å². The second kappa shape index (κ2) is 15.2. The first kappa shape index (κ1) is 36.5. The molecule has 1 aromatic carbocycles. The summed E-state index contributed by atoms with van der Waals surface area (Å²) in [5.41, 5.74) is 1.96. The lowest BCUT2D eigenvalue weighted by Crippen LogP contribution is -2.58. The Bertz CT molecular complexity index is 1680. The second-order valence-corrected chi connectivity index (χ2v) is 17.5. The Kier molecular flexibility index (Phi) is 10.7. The van der Waals surface area contributed by atoms with Crippen LogP contribution in [0.4, 0.5) is 9.59 Å².